The van der Waals surface area contributed by atoms with Crippen LogP contribution < -0.4 is 0 Å². The highest BCUT2D eigenvalue weighted by Gasteiger charge is 2.38. The maximum absolute atomic E-state index is 12.6. The predicted molar refractivity (Wildman–Crippen MR) is 84.7 cm³/mol. The van der Waals surface area contributed by atoms with Crippen molar-refractivity contribution < 1.29 is 4.79 Å². The fourth-order valence-corrected chi connectivity index (χ4v) is 3.61. The number of Topliss-reactive ketones (excluding diaryl/α,β-unsaturated/α-hetero) is 1. The Morgan fingerprint density at radius 3 is 2.52 bits per heavy atom. The van der Waals surface area contributed by atoms with E-state index >= 15 is 0 Å². The minimum atomic E-state index is 0.193. The van der Waals surface area contributed by atoms with E-state index in [1.165, 1.54) is 5.56 Å². The van der Waals surface area contributed by atoms with Crippen LogP contribution in [0.3, 0.4) is 0 Å². The van der Waals surface area contributed by atoms with Crippen molar-refractivity contribution in [3.63, 3.8) is 0 Å². The highest BCUT2D eigenvalue weighted by molar-refractivity contribution is 5.98. The Labute approximate surface area is 127 Å². The van der Waals surface area contributed by atoms with Crippen LogP contribution in [0.5, 0.6) is 0 Å². The van der Waals surface area contributed by atoms with Gasteiger partial charge in [-0.1, -0.05) is 30.3 Å². The molecule has 0 radical (unpaired) electrons. The number of carbonyl (C=O) groups is 1. The quantitative estimate of drug-likeness (QED) is 0.797. The summed E-state index contributed by atoms with van der Waals surface area (Å²) in [6.45, 7) is 2.88. The van der Waals surface area contributed by atoms with E-state index in [1.54, 1.807) is 0 Å². The van der Waals surface area contributed by atoms with Gasteiger partial charge in [0.1, 0.15) is 0 Å². The van der Waals surface area contributed by atoms with E-state index in [1.807, 2.05) is 25.2 Å². The van der Waals surface area contributed by atoms with E-state index in [0.29, 0.717) is 11.7 Å². The van der Waals surface area contributed by atoms with Crippen molar-refractivity contribution in [3.8, 4) is 0 Å². The molecular weight excluding hydrogens is 260 g/mol. The van der Waals surface area contributed by atoms with Crippen molar-refractivity contribution in [2.24, 2.45) is 11.8 Å². The average molecular weight is 284 g/mol. The van der Waals surface area contributed by atoms with E-state index < -0.39 is 0 Å². The third-order valence-corrected chi connectivity index (χ3v) is 4.56. The standard InChI is InChI=1S/C18H24N2O/c1-19(2)13-17-15-8-9-16(18(17)21)12-20(11-15)10-14-6-4-3-5-7-14/h3-7,13,15-16H,8-12H2,1-2H3/b17-13-. The van der Waals surface area contributed by atoms with Gasteiger partial charge in [0, 0.05) is 57.3 Å². The molecule has 0 aromatic heterocycles. The van der Waals surface area contributed by atoms with Crippen molar-refractivity contribution >= 4 is 5.78 Å². The summed E-state index contributed by atoms with van der Waals surface area (Å²) in [5, 5.41) is 0. The van der Waals surface area contributed by atoms with Crippen LogP contribution >= 0.6 is 0 Å². The van der Waals surface area contributed by atoms with Crippen molar-refractivity contribution in [2.45, 2.75) is 19.4 Å². The Morgan fingerprint density at radius 1 is 1.14 bits per heavy atom. The Hall–Kier alpha value is -1.61. The van der Waals surface area contributed by atoms with Crippen LogP contribution in [0.4, 0.5) is 0 Å². The number of fused-ring (bicyclic) bond motifs is 4. The van der Waals surface area contributed by atoms with E-state index in [4.69, 9.17) is 0 Å². The third-order valence-electron chi connectivity index (χ3n) is 4.56. The number of nitrogens with zero attached hydrogens (tertiary/aromatic N) is 2. The molecule has 2 heterocycles. The van der Waals surface area contributed by atoms with Gasteiger partial charge in [-0.2, -0.15) is 0 Å². The minimum Gasteiger partial charge on any atom is -0.383 e. The van der Waals surface area contributed by atoms with Crippen LogP contribution in [0.15, 0.2) is 42.1 Å². The van der Waals surface area contributed by atoms with Gasteiger partial charge in [-0.15, -0.1) is 0 Å². The van der Waals surface area contributed by atoms with E-state index in [2.05, 4.69) is 35.2 Å². The van der Waals surface area contributed by atoms with Gasteiger partial charge in [0.15, 0.2) is 5.78 Å². The van der Waals surface area contributed by atoms with Crippen LogP contribution in [0.25, 0.3) is 0 Å². The SMILES string of the molecule is CN(C)/C=C1\C(=O)C2CCC1CN(Cc1ccccc1)C2. The Kier molecular flexibility index (Phi) is 4.11. The number of hydrogen-bond donors (Lipinski definition) is 0. The Bertz CT molecular complexity index is 535. The monoisotopic (exact) mass is 284 g/mol. The molecule has 112 valence electrons. The largest absolute Gasteiger partial charge is 0.383 e. The number of ketones is 1. The summed E-state index contributed by atoms with van der Waals surface area (Å²) < 4.78 is 0. The zero-order valence-electron chi connectivity index (χ0n) is 13.0. The van der Waals surface area contributed by atoms with E-state index in [-0.39, 0.29) is 5.92 Å². The van der Waals surface area contributed by atoms with Gasteiger partial charge < -0.3 is 4.90 Å². The fourth-order valence-electron chi connectivity index (χ4n) is 3.61. The number of hydrogen-bond acceptors (Lipinski definition) is 3. The molecule has 3 nitrogen and oxygen atoms in total. The lowest BCUT2D eigenvalue weighted by Crippen LogP contribution is -2.29. The van der Waals surface area contributed by atoms with Crippen LogP contribution in [0.1, 0.15) is 18.4 Å². The lowest BCUT2D eigenvalue weighted by molar-refractivity contribution is -0.120. The lowest BCUT2D eigenvalue weighted by atomic mass is 9.79. The van der Waals surface area contributed by atoms with Gasteiger partial charge in [0.25, 0.3) is 0 Å². The second-order valence-electron chi connectivity index (χ2n) is 6.56. The smallest absolute Gasteiger partial charge is 0.164 e. The molecule has 1 aromatic carbocycles. The van der Waals surface area contributed by atoms with Gasteiger partial charge in [-0.3, -0.25) is 9.69 Å². The maximum atomic E-state index is 12.6. The Balaban J connectivity index is 1.79. The summed E-state index contributed by atoms with van der Waals surface area (Å²) in [7, 11) is 4.00. The first-order chi connectivity index (χ1) is 10.1. The molecule has 1 saturated carbocycles. The molecule has 3 fully saturated rings. The normalized spacial score (nSPS) is 27.9. The second kappa shape index (κ2) is 6.02. The summed E-state index contributed by atoms with van der Waals surface area (Å²) in [6, 6.07) is 10.6. The molecule has 2 atom stereocenters. The summed E-state index contributed by atoms with van der Waals surface area (Å²) >= 11 is 0. The molecule has 1 aliphatic carbocycles. The summed E-state index contributed by atoms with van der Waals surface area (Å²) in [5.74, 6) is 0.983. The van der Waals surface area contributed by atoms with Crippen molar-refractivity contribution in [1.82, 2.24) is 9.80 Å². The highest BCUT2D eigenvalue weighted by Crippen LogP contribution is 2.36. The molecule has 0 amide bonds. The Morgan fingerprint density at radius 2 is 1.81 bits per heavy atom. The number of benzene rings is 1. The lowest BCUT2D eigenvalue weighted by Gasteiger charge is -2.25. The van der Waals surface area contributed by atoms with Crippen molar-refractivity contribution in [3.05, 3.63) is 47.7 Å². The molecule has 2 saturated heterocycles. The van der Waals surface area contributed by atoms with Crippen molar-refractivity contribution in [2.75, 3.05) is 27.2 Å². The number of carbonyl (C=O) groups excluding carboxylic acids is 1. The number of rotatable bonds is 3. The molecule has 21 heavy (non-hydrogen) atoms. The van der Waals surface area contributed by atoms with Gasteiger partial charge in [-0.05, 0) is 18.4 Å². The molecule has 0 N–H and O–H groups in total. The van der Waals surface area contributed by atoms with Crippen LogP contribution in [0.2, 0.25) is 0 Å². The average Bonchev–Trinajstić information content (AvgIpc) is 2.72. The van der Waals surface area contributed by atoms with Crippen molar-refractivity contribution in [1.29, 1.82) is 0 Å². The highest BCUT2D eigenvalue weighted by atomic mass is 16.1. The molecule has 3 aliphatic rings. The van der Waals surface area contributed by atoms with E-state index in [0.717, 1.165) is 38.0 Å². The molecular formula is C18H24N2O. The van der Waals surface area contributed by atoms with Gasteiger partial charge >= 0.3 is 0 Å². The first-order valence-corrected chi connectivity index (χ1v) is 7.82. The van der Waals surface area contributed by atoms with Gasteiger partial charge in [0.2, 0.25) is 0 Å². The first-order valence-electron chi connectivity index (χ1n) is 7.82. The molecule has 2 unspecified atom stereocenters. The minimum absolute atomic E-state index is 0.193. The molecule has 1 aromatic rings. The zero-order chi connectivity index (χ0) is 14.8. The third kappa shape index (κ3) is 3.18. The second-order valence-corrected chi connectivity index (χ2v) is 6.56. The van der Waals surface area contributed by atoms with Crippen LogP contribution in [0, 0.1) is 11.8 Å². The van der Waals surface area contributed by atoms with Gasteiger partial charge in [-0.25, -0.2) is 0 Å². The molecule has 4 rings (SSSR count). The predicted octanol–water partition coefficient (Wildman–Crippen LogP) is 2.54. The molecule has 0 spiro atoms. The maximum Gasteiger partial charge on any atom is 0.164 e. The fraction of sp³-hybridized carbons (Fsp3) is 0.500. The van der Waals surface area contributed by atoms with E-state index in [9.17, 15) is 4.79 Å². The topological polar surface area (TPSA) is 23.6 Å². The summed E-state index contributed by atoms with van der Waals surface area (Å²) in [5.41, 5.74) is 2.39. The zero-order valence-corrected chi connectivity index (χ0v) is 13.0. The van der Waals surface area contributed by atoms with Gasteiger partial charge in [0.05, 0.1) is 0 Å². The summed E-state index contributed by atoms with van der Waals surface area (Å²) in [4.78, 5) is 17.1. The summed E-state index contributed by atoms with van der Waals surface area (Å²) in [6.07, 6.45) is 4.26. The van der Waals surface area contributed by atoms with Crippen LogP contribution in [-0.4, -0.2) is 42.8 Å². The molecule has 2 bridgehead atoms. The van der Waals surface area contributed by atoms with Crippen LogP contribution in [-0.2, 0) is 11.3 Å². The molecule has 3 heteroatoms. The molecule has 2 aliphatic heterocycles. The first kappa shape index (κ1) is 14.3.